The molecule has 0 saturated carbocycles. The van der Waals surface area contributed by atoms with E-state index < -0.39 is 0 Å². The quantitative estimate of drug-likeness (QED) is 0.144. The number of hydrogen-bond donors (Lipinski definition) is 0. The van der Waals surface area contributed by atoms with E-state index in [0.29, 0.717) is 0 Å². The van der Waals surface area contributed by atoms with E-state index in [0.717, 1.165) is 82.6 Å². The van der Waals surface area contributed by atoms with Crippen LogP contribution in [0.5, 0.6) is 0 Å². The highest BCUT2D eigenvalue weighted by Crippen LogP contribution is 2.47. The summed E-state index contributed by atoms with van der Waals surface area (Å²) in [6, 6.07) is 12.8. The van der Waals surface area contributed by atoms with Gasteiger partial charge in [0.25, 0.3) is 0 Å². The number of thiophene rings is 2. The minimum Gasteiger partial charge on any atom is -0.338 e. The third-order valence-corrected chi connectivity index (χ3v) is 10.6. The van der Waals surface area contributed by atoms with Crippen molar-refractivity contribution in [2.45, 2.75) is 52.6 Å². The van der Waals surface area contributed by atoms with E-state index in [1.165, 1.54) is 42.2 Å². The van der Waals surface area contributed by atoms with Crippen molar-refractivity contribution in [3.8, 4) is 0 Å². The Kier molecular flexibility index (Phi) is 5.35. The molecule has 0 radical (unpaired) electrons. The molecule has 0 aliphatic heterocycles. The third-order valence-electron chi connectivity index (χ3n) is 8.75. The maximum atomic E-state index is 5.58. The molecule has 0 unspecified atom stereocenters. The van der Waals surface area contributed by atoms with E-state index in [4.69, 9.17) is 19.9 Å². The summed E-state index contributed by atoms with van der Waals surface area (Å²) in [6.45, 7) is 6.53. The molecule has 0 fully saturated rings. The second-order valence-electron chi connectivity index (χ2n) is 11.1. The molecule has 9 aromatic rings. The number of hydrogen-bond acceptors (Lipinski definition) is 6. The van der Waals surface area contributed by atoms with Gasteiger partial charge in [0.05, 0.1) is 53.5 Å². The molecule has 9 rings (SSSR count). The topological polar surface area (TPSA) is 61.4 Å². The van der Waals surface area contributed by atoms with Gasteiger partial charge in [0.2, 0.25) is 0 Å². The Labute approximate surface area is 249 Å². The van der Waals surface area contributed by atoms with Crippen LogP contribution in [0.25, 0.3) is 86.1 Å². The van der Waals surface area contributed by atoms with Crippen molar-refractivity contribution in [1.29, 1.82) is 0 Å². The average molecular weight is 585 g/mol. The van der Waals surface area contributed by atoms with Crippen LogP contribution < -0.4 is 0 Å². The zero-order valence-electron chi connectivity index (χ0n) is 23.5. The van der Waals surface area contributed by atoms with Gasteiger partial charge in [-0.05, 0) is 60.0 Å². The summed E-state index contributed by atoms with van der Waals surface area (Å²) in [6.07, 6.45) is 8.26. The van der Waals surface area contributed by atoms with Crippen LogP contribution in [-0.2, 0) is 13.1 Å². The summed E-state index contributed by atoms with van der Waals surface area (Å²) in [7, 11) is 0. The average Bonchev–Trinajstić information content (AvgIpc) is 3.80. The summed E-state index contributed by atoms with van der Waals surface area (Å²) in [4.78, 5) is 20.7. The number of rotatable bonds is 6. The Balaban J connectivity index is 1.60. The molecule has 0 aliphatic carbocycles. The van der Waals surface area contributed by atoms with Gasteiger partial charge >= 0.3 is 0 Å². The molecule has 42 heavy (non-hydrogen) atoms. The number of fused-ring (bicyclic) bond motifs is 16. The normalized spacial score (nSPS) is 12.6. The van der Waals surface area contributed by atoms with Crippen molar-refractivity contribution >= 4 is 109 Å². The van der Waals surface area contributed by atoms with Crippen LogP contribution in [0.3, 0.4) is 0 Å². The van der Waals surface area contributed by atoms with Crippen LogP contribution in [0.4, 0.5) is 0 Å². The van der Waals surface area contributed by atoms with Gasteiger partial charge in [0.1, 0.15) is 11.0 Å². The summed E-state index contributed by atoms with van der Waals surface area (Å²) in [5.41, 5.74) is 10.8. The molecule has 0 saturated heterocycles. The molecule has 7 aromatic heterocycles. The molecule has 2 aromatic carbocycles. The lowest BCUT2D eigenvalue weighted by atomic mass is 10.1. The van der Waals surface area contributed by atoms with E-state index in [-0.39, 0.29) is 0 Å². The van der Waals surface area contributed by atoms with Crippen LogP contribution in [-0.4, -0.2) is 29.1 Å². The first-order chi connectivity index (χ1) is 20.8. The number of unbranched alkanes of at least 4 members (excludes halogenated alkanes) is 2. The second kappa shape index (κ2) is 9.18. The summed E-state index contributed by atoms with van der Waals surface area (Å²) >= 11 is 3.64. The maximum absolute atomic E-state index is 5.58. The highest BCUT2D eigenvalue weighted by molar-refractivity contribution is 7.19. The Morgan fingerprint density at radius 3 is 1.52 bits per heavy atom. The largest absolute Gasteiger partial charge is 0.338 e. The molecule has 0 amide bonds. The molecule has 206 valence electrons. The lowest BCUT2D eigenvalue weighted by molar-refractivity contribution is 0.655. The molecule has 0 atom stereocenters. The highest BCUT2D eigenvalue weighted by atomic mass is 32.1. The molecule has 7 heterocycles. The lowest BCUT2D eigenvalue weighted by Gasteiger charge is -2.14. The van der Waals surface area contributed by atoms with Crippen molar-refractivity contribution < 1.29 is 0 Å². The molecule has 0 spiro atoms. The zero-order chi connectivity index (χ0) is 27.9. The zero-order valence-corrected chi connectivity index (χ0v) is 25.1. The number of benzene rings is 2. The minimum absolute atomic E-state index is 0.875. The third kappa shape index (κ3) is 3.14. The Morgan fingerprint density at radius 2 is 1.07 bits per heavy atom. The number of nitrogens with zero attached hydrogens (tertiary/aromatic N) is 6. The van der Waals surface area contributed by atoms with Crippen molar-refractivity contribution in [3.63, 3.8) is 0 Å². The number of aryl methyl sites for hydroxylation is 2. The maximum Gasteiger partial charge on any atom is 0.101 e. The lowest BCUT2D eigenvalue weighted by Crippen LogP contribution is -2.03. The molecule has 8 heteroatoms. The Morgan fingerprint density at radius 1 is 0.595 bits per heavy atom. The van der Waals surface area contributed by atoms with Gasteiger partial charge in [-0.15, -0.1) is 22.7 Å². The van der Waals surface area contributed by atoms with Crippen molar-refractivity contribution in [2.75, 3.05) is 0 Å². The van der Waals surface area contributed by atoms with Crippen LogP contribution in [0.15, 0.2) is 59.6 Å². The van der Waals surface area contributed by atoms with E-state index in [1.54, 1.807) is 0 Å². The fourth-order valence-corrected chi connectivity index (χ4v) is 8.78. The van der Waals surface area contributed by atoms with Crippen molar-refractivity contribution in [1.82, 2.24) is 29.1 Å². The van der Waals surface area contributed by atoms with Gasteiger partial charge < -0.3 is 9.13 Å². The van der Waals surface area contributed by atoms with Crippen LogP contribution in [0.1, 0.15) is 39.5 Å². The van der Waals surface area contributed by atoms with E-state index in [1.807, 2.05) is 47.2 Å². The highest BCUT2D eigenvalue weighted by Gasteiger charge is 2.27. The first-order valence-electron chi connectivity index (χ1n) is 14.8. The molecular formula is C34H28N6S2. The van der Waals surface area contributed by atoms with Crippen LogP contribution >= 0.6 is 22.7 Å². The molecule has 0 N–H and O–H groups in total. The molecular weight excluding hydrogens is 557 g/mol. The Bertz CT molecular complexity index is 2340. The minimum atomic E-state index is 0.875. The second-order valence-corrected chi connectivity index (χ2v) is 13.0. The number of pyridine rings is 2. The molecule has 6 nitrogen and oxygen atoms in total. The van der Waals surface area contributed by atoms with E-state index in [9.17, 15) is 0 Å². The van der Waals surface area contributed by atoms with Gasteiger partial charge in [0.15, 0.2) is 0 Å². The van der Waals surface area contributed by atoms with Crippen molar-refractivity contribution in [2.24, 2.45) is 0 Å². The molecule has 0 aliphatic rings. The van der Waals surface area contributed by atoms with Crippen LogP contribution in [0.2, 0.25) is 0 Å². The van der Waals surface area contributed by atoms with E-state index >= 15 is 0 Å². The monoisotopic (exact) mass is 584 g/mol. The van der Waals surface area contributed by atoms with Gasteiger partial charge in [-0.3, -0.25) is 9.97 Å². The number of aromatic nitrogens is 6. The standard InChI is InChI=1S/C34H28N6S2/c1-3-5-15-39-21-11-17-41-33(21)23-29-30(24-32(31(23)39)40(16-6-4-2)22-12-18-42-34(22)24)38-28-20-10-8-14-36-26(20)25-19(27(28)37-29)9-7-13-35-25/h7-14,17-18H,3-6,15-16H2,1-2H3. The predicted molar refractivity (Wildman–Crippen MR) is 179 cm³/mol. The van der Waals surface area contributed by atoms with Gasteiger partial charge in [-0.2, -0.15) is 0 Å². The Hall–Kier alpha value is -4.14. The van der Waals surface area contributed by atoms with E-state index in [2.05, 4.69) is 58.0 Å². The summed E-state index contributed by atoms with van der Waals surface area (Å²) in [5.74, 6) is 0. The summed E-state index contributed by atoms with van der Waals surface area (Å²) in [5, 5.41) is 8.92. The fraction of sp³-hybridized carbons (Fsp3) is 0.235. The van der Waals surface area contributed by atoms with Crippen molar-refractivity contribution in [3.05, 3.63) is 59.6 Å². The van der Waals surface area contributed by atoms with Gasteiger partial charge in [0, 0.05) is 47.0 Å². The van der Waals surface area contributed by atoms with Crippen LogP contribution in [0, 0.1) is 0 Å². The SMILES string of the molecule is CCCCn1c2ccsc2c2c3nc4c5cccnc5c5ncccc5c4nc3c3c4sccc4n(CCCC)c3c21. The first-order valence-corrected chi connectivity index (χ1v) is 16.6. The fourth-order valence-electron chi connectivity index (χ4n) is 6.89. The molecule has 0 bridgehead atoms. The summed E-state index contributed by atoms with van der Waals surface area (Å²) < 4.78 is 7.76. The predicted octanol–water partition coefficient (Wildman–Crippen LogP) is 9.82. The van der Waals surface area contributed by atoms with Gasteiger partial charge in [-0.25, -0.2) is 9.97 Å². The van der Waals surface area contributed by atoms with Gasteiger partial charge in [-0.1, -0.05) is 26.7 Å². The first kappa shape index (κ1) is 24.5. The smallest absolute Gasteiger partial charge is 0.101 e.